The molecule has 0 saturated heterocycles. The summed E-state index contributed by atoms with van der Waals surface area (Å²) in [7, 11) is 0. The average Bonchev–Trinajstić information content (AvgIpc) is 3.28. The molecule has 0 radical (unpaired) electrons. The molecule has 2 aromatic heterocycles. The van der Waals surface area contributed by atoms with Gasteiger partial charge in [-0.25, -0.2) is 4.98 Å². The Kier molecular flexibility index (Phi) is 4.96. The third-order valence-corrected chi connectivity index (χ3v) is 5.30. The first-order chi connectivity index (χ1) is 14.6. The normalized spacial score (nSPS) is 15.7. The number of nitrogens with one attached hydrogen (secondary N) is 2. The van der Waals surface area contributed by atoms with Crippen LogP contribution in [0.2, 0.25) is 5.02 Å². The fourth-order valence-corrected chi connectivity index (χ4v) is 3.60. The molecule has 1 fully saturated rings. The van der Waals surface area contributed by atoms with Gasteiger partial charge in [-0.3, -0.25) is 4.99 Å². The lowest BCUT2D eigenvalue weighted by Crippen LogP contribution is -2.11. The summed E-state index contributed by atoms with van der Waals surface area (Å²) >= 11 is 6.05. The number of nitrogens with zero attached hydrogens (tertiary/aromatic N) is 4. The van der Waals surface area contributed by atoms with Gasteiger partial charge in [-0.15, -0.1) is 0 Å². The largest absolute Gasteiger partial charge is 0.359 e. The molecule has 30 heavy (non-hydrogen) atoms. The Morgan fingerprint density at radius 3 is 2.90 bits per heavy atom. The van der Waals surface area contributed by atoms with E-state index < -0.39 is 0 Å². The summed E-state index contributed by atoms with van der Waals surface area (Å²) in [5.74, 6) is 3.51. The number of aryl methyl sites for hydroxylation is 1. The highest BCUT2D eigenvalue weighted by Gasteiger charge is 2.27. The highest BCUT2D eigenvalue weighted by Crippen LogP contribution is 2.37. The zero-order valence-electron chi connectivity index (χ0n) is 16.5. The van der Waals surface area contributed by atoms with E-state index in [1.807, 2.05) is 43.3 Å². The van der Waals surface area contributed by atoms with Crippen molar-refractivity contribution in [3.8, 4) is 11.3 Å². The van der Waals surface area contributed by atoms with E-state index in [1.165, 1.54) is 18.4 Å². The maximum atomic E-state index is 6.05. The van der Waals surface area contributed by atoms with E-state index >= 15 is 0 Å². The Morgan fingerprint density at radius 1 is 1.17 bits per heavy atom. The monoisotopic (exact) mass is 420 g/mol. The second kappa shape index (κ2) is 7.91. The van der Waals surface area contributed by atoms with Gasteiger partial charge in [0.15, 0.2) is 5.76 Å². The summed E-state index contributed by atoms with van der Waals surface area (Å²) in [6.45, 7) is 3.15. The van der Waals surface area contributed by atoms with E-state index in [2.05, 4.69) is 36.8 Å². The molecule has 8 heteroatoms. The van der Waals surface area contributed by atoms with Crippen molar-refractivity contribution in [3.05, 3.63) is 64.5 Å². The minimum absolute atomic E-state index is 0.420. The summed E-state index contributed by atoms with van der Waals surface area (Å²) in [5.41, 5.74) is 3.92. The lowest BCUT2D eigenvalue weighted by molar-refractivity contribution is 0.390. The van der Waals surface area contributed by atoms with Crippen LogP contribution in [-0.2, 0) is 6.54 Å². The lowest BCUT2D eigenvalue weighted by Gasteiger charge is -2.08. The van der Waals surface area contributed by atoms with Crippen LogP contribution in [0, 0.1) is 12.8 Å². The van der Waals surface area contributed by atoms with Crippen molar-refractivity contribution in [2.45, 2.75) is 26.3 Å². The van der Waals surface area contributed by atoms with Crippen molar-refractivity contribution in [1.82, 2.24) is 15.1 Å². The van der Waals surface area contributed by atoms with Gasteiger partial charge in [0, 0.05) is 28.4 Å². The van der Waals surface area contributed by atoms with Gasteiger partial charge in [-0.2, -0.15) is 4.98 Å². The average molecular weight is 421 g/mol. The molecule has 1 aliphatic carbocycles. The van der Waals surface area contributed by atoms with Crippen molar-refractivity contribution in [2.75, 3.05) is 17.2 Å². The van der Waals surface area contributed by atoms with Crippen LogP contribution in [-0.4, -0.2) is 27.5 Å². The van der Waals surface area contributed by atoms with Gasteiger partial charge in [-0.1, -0.05) is 28.9 Å². The molecule has 2 aliphatic rings. The maximum Gasteiger partial charge on any atom is 0.225 e. The van der Waals surface area contributed by atoms with E-state index in [1.54, 1.807) is 0 Å². The molecule has 0 spiro atoms. The molecule has 1 aromatic carbocycles. The van der Waals surface area contributed by atoms with Gasteiger partial charge >= 0.3 is 0 Å². The summed E-state index contributed by atoms with van der Waals surface area (Å²) in [6.07, 6.45) is 4.72. The highest BCUT2D eigenvalue weighted by molar-refractivity contribution is 6.30. The summed E-state index contributed by atoms with van der Waals surface area (Å²) in [6, 6.07) is 11.3. The van der Waals surface area contributed by atoms with Crippen LogP contribution in [0.3, 0.4) is 0 Å². The number of aliphatic imine (C=N–C) groups is 1. The summed E-state index contributed by atoms with van der Waals surface area (Å²) < 4.78 is 5.44. The number of benzene rings is 1. The van der Waals surface area contributed by atoms with Crippen molar-refractivity contribution in [2.24, 2.45) is 10.9 Å². The predicted octanol–water partition coefficient (Wildman–Crippen LogP) is 4.87. The van der Waals surface area contributed by atoms with E-state index in [9.17, 15) is 0 Å². The van der Waals surface area contributed by atoms with Gasteiger partial charge < -0.3 is 15.2 Å². The third-order valence-electron chi connectivity index (χ3n) is 5.07. The Hall–Kier alpha value is -3.19. The topological polar surface area (TPSA) is 88.2 Å². The van der Waals surface area contributed by atoms with E-state index in [-0.39, 0.29) is 0 Å². The molecule has 0 atom stereocenters. The van der Waals surface area contributed by atoms with E-state index in [4.69, 9.17) is 16.1 Å². The first-order valence-corrected chi connectivity index (χ1v) is 10.3. The fraction of sp³-hybridized carbons (Fsp3) is 0.273. The molecule has 1 aliphatic heterocycles. The van der Waals surface area contributed by atoms with E-state index in [0.717, 1.165) is 35.2 Å². The number of aromatic nitrogens is 3. The molecule has 0 unspecified atom stereocenters. The summed E-state index contributed by atoms with van der Waals surface area (Å²) in [5, 5.41) is 11.3. The molecule has 0 amide bonds. The van der Waals surface area contributed by atoms with Gasteiger partial charge in [-0.05, 0) is 49.5 Å². The minimum atomic E-state index is 0.420. The van der Waals surface area contributed by atoms with Crippen LogP contribution >= 0.6 is 11.6 Å². The molecule has 3 aromatic rings. The number of hydrogen-bond donors (Lipinski definition) is 2. The Labute approximate surface area is 179 Å². The Morgan fingerprint density at radius 2 is 2.07 bits per heavy atom. The molecular formula is C22H21ClN6O. The smallest absolute Gasteiger partial charge is 0.225 e. The van der Waals surface area contributed by atoms with E-state index in [0.29, 0.717) is 29.1 Å². The maximum absolute atomic E-state index is 6.05. The van der Waals surface area contributed by atoms with Gasteiger partial charge in [0.1, 0.15) is 17.3 Å². The van der Waals surface area contributed by atoms with Crippen LogP contribution in [0.4, 0.5) is 11.8 Å². The van der Waals surface area contributed by atoms with Crippen molar-refractivity contribution < 1.29 is 4.52 Å². The Balaban J connectivity index is 1.24. The molecule has 1 saturated carbocycles. The highest BCUT2D eigenvalue weighted by atomic mass is 35.5. The molecule has 5 rings (SSSR count). The number of rotatable bonds is 6. The fourth-order valence-electron chi connectivity index (χ4n) is 3.41. The van der Waals surface area contributed by atoms with Crippen molar-refractivity contribution >= 4 is 29.2 Å². The molecule has 0 bridgehead atoms. The third kappa shape index (κ3) is 4.36. The van der Waals surface area contributed by atoms with Crippen LogP contribution in [0.25, 0.3) is 11.3 Å². The first-order valence-electron chi connectivity index (χ1n) is 9.95. The van der Waals surface area contributed by atoms with Crippen LogP contribution in [0.15, 0.2) is 57.6 Å². The number of halogens is 1. The Bertz CT molecular complexity index is 1150. The standard InChI is InChI=1S/C22H21ClN6O/c1-13-7-21(27-20-9-16(11-24-20)14-5-6-14)28-22(26-13)25-12-18-10-19(29-30-18)15-3-2-4-17(23)8-15/h2-4,7-10,14H,5-6,11-12H2,1H3,(H2,24,25,26,27,28). The van der Waals surface area contributed by atoms with Gasteiger partial charge in [0.2, 0.25) is 5.95 Å². The summed E-state index contributed by atoms with van der Waals surface area (Å²) in [4.78, 5) is 13.6. The molecule has 7 nitrogen and oxygen atoms in total. The molecule has 2 N–H and O–H groups in total. The quantitative estimate of drug-likeness (QED) is 0.591. The number of amidine groups is 1. The number of anilines is 2. The van der Waals surface area contributed by atoms with Crippen LogP contribution in [0.5, 0.6) is 0 Å². The van der Waals surface area contributed by atoms with Gasteiger partial charge in [0.25, 0.3) is 0 Å². The second-order valence-electron chi connectivity index (χ2n) is 7.58. The second-order valence-corrected chi connectivity index (χ2v) is 8.02. The molecule has 152 valence electrons. The van der Waals surface area contributed by atoms with Crippen molar-refractivity contribution in [3.63, 3.8) is 0 Å². The van der Waals surface area contributed by atoms with Crippen molar-refractivity contribution in [1.29, 1.82) is 0 Å². The van der Waals surface area contributed by atoms with Gasteiger partial charge in [0.05, 0.1) is 13.1 Å². The first kappa shape index (κ1) is 18.8. The zero-order valence-corrected chi connectivity index (χ0v) is 17.3. The molecule has 3 heterocycles. The SMILES string of the molecule is Cc1cc(NC2=NCC(C3CC3)=C2)nc(NCc2cc(-c3cccc(Cl)c3)no2)n1. The van der Waals surface area contributed by atoms with Crippen LogP contribution < -0.4 is 10.6 Å². The lowest BCUT2D eigenvalue weighted by atomic mass is 10.1. The predicted molar refractivity (Wildman–Crippen MR) is 118 cm³/mol. The van der Waals surface area contributed by atoms with Crippen LogP contribution in [0.1, 0.15) is 24.3 Å². The zero-order chi connectivity index (χ0) is 20.5. The number of hydrogen-bond acceptors (Lipinski definition) is 7. The minimum Gasteiger partial charge on any atom is -0.359 e. The molecular weight excluding hydrogens is 400 g/mol.